The molecule has 0 aliphatic carbocycles. The van der Waals surface area contributed by atoms with E-state index in [1.54, 1.807) is 28.4 Å². The second-order valence-electron chi connectivity index (χ2n) is 6.38. The van der Waals surface area contributed by atoms with E-state index in [0.717, 1.165) is 58.1 Å². The van der Waals surface area contributed by atoms with Gasteiger partial charge in [-0.1, -0.05) is 0 Å². The van der Waals surface area contributed by atoms with Gasteiger partial charge in [-0.3, -0.25) is 0 Å². The first-order chi connectivity index (χ1) is 13.0. The van der Waals surface area contributed by atoms with Crippen molar-refractivity contribution in [1.82, 2.24) is 0 Å². The van der Waals surface area contributed by atoms with Crippen LogP contribution in [0.5, 0.6) is 23.0 Å². The number of aryl methyl sites for hydroxylation is 2. The van der Waals surface area contributed by atoms with Crippen molar-refractivity contribution < 1.29 is 23.7 Å². The highest BCUT2D eigenvalue weighted by molar-refractivity contribution is 5.47. The highest BCUT2D eigenvalue weighted by Crippen LogP contribution is 2.30. The van der Waals surface area contributed by atoms with Crippen molar-refractivity contribution in [1.29, 1.82) is 0 Å². The third-order valence-electron chi connectivity index (χ3n) is 4.63. The molecule has 0 fully saturated rings. The molecule has 0 aromatic heterocycles. The summed E-state index contributed by atoms with van der Waals surface area (Å²) in [6.45, 7) is 5.22. The molecule has 0 atom stereocenters. The SMILES string of the molecule is COc1cc(CCOCCc2cc(OC)c(C)cc2OC)c(OC)cc1C. The van der Waals surface area contributed by atoms with Gasteiger partial charge in [-0.25, -0.2) is 0 Å². The zero-order valence-corrected chi connectivity index (χ0v) is 17.2. The lowest BCUT2D eigenvalue weighted by Gasteiger charge is -2.14. The van der Waals surface area contributed by atoms with Crippen molar-refractivity contribution in [3.05, 3.63) is 46.5 Å². The minimum absolute atomic E-state index is 0.605. The van der Waals surface area contributed by atoms with Crippen LogP contribution in [-0.4, -0.2) is 41.7 Å². The molecule has 0 N–H and O–H groups in total. The predicted octanol–water partition coefficient (Wildman–Crippen LogP) is 4.14. The Hall–Kier alpha value is -2.40. The van der Waals surface area contributed by atoms with E-state index in [2.05, 4.69) is 0 Å². The van der Waals surface area contributed by atoms with Gasteiger partial charge in [0.05, 0.1) is 41.7 Å². The summed E-state index contributed by atoms with van der Waals surface area (Å²) in [5.41, 5.74) is 4.27. The molecule has 5 nitrogen and oxygen atoms in total. The monoisotopic (exact) mass is 374 g/mol. The Labute approximate surface area is 162 Å². The molecule has 27 heavy (non-hydrogen) atoms. The fourth-order valence-corrected chi connectivity index (χ4v) is 3.08. The van der Waals surface area contributed by atoms with Crippen molar-refractivity contribution in [3.8, 4) is 23.0 Å². The predicted molar refractivity (Wildman–Crippen MR) is 107 cm³/mol. The Balaban J connectivity index is 1.93. The fourth-order valence-electron chi connectivity index (χ4n) is 3.08. The van der Waals surface area contributed by atoms with Gasteiger partial charge in [0.25, 0.3) is 0 Å². The first kappa shape index (κ1) is 20.9. The summed E-state index contributed by atoms with van der Waals surface area (Å²) >= 11 is 0. The molecule has 0 amide bonds. The van der Waals surface area contributed by atoms with Crippen molar-refractivity contribution in [2.24, 2.45) is 0 Å². The van der Waals surface area contributed by atoms with Crippen LogP contribution in [0.15, 0.2) is 24.3 Å². The second-order valence-corrected chi connectivity index (χ2v) is 6.38. The summed E-state index contributed by atoms with van der Waals surface area (Å²) in [5.74, 6) is 3.45. The maximum absolute atomic E-state index is 5.86. The fraction of sp³-hybridized carbons (Fsp3) is 0.455. The molecule has 0 bridgehead atoms. The van der Waals surface area contributed by atoms with Gasteiger partial charge >= 0.3 is 0 Å². The van der Waals surface area contributed by atoms with Crippen LogP contribution in [0.25, 0.3) is 0 Å². The minimum atomic E-state index is 0.605. The van der Waals surface area contributed by atoms with Crippen LogP contribution in [0.4, 0.5) is 0 Å². The van der Waals surface area contributed by atoms with E-state index >= 15 is 0 Å². The van der Waals surface area contributed by atoms with Crippen LogP contribution < -0.4 is 18.9 Å². The van der Waals surface area contributed by atoms with E-state index in [0.29, 0.717) is 13.2 Å². The van der Waals surface area contributed by atoms with Crippen LogP contribution in [0.2, 0.25) is 0 Å². The van der Waals surface area contributed by atoms with Crippen LogP contribution in [0, 0.1) is 13.8 Å². The quantitative estimate of drug-likeness (QED) is 0.585. The summed E-state index contributed by atoms with van der Waals surface area (Å²) in [6, 6.07) is 8.03. The normalized spacial score (nSPS) is 10.6. The van der Waals surface area contributed by atoms with Crippen LogP contribution >= 0.6 is 0 Å². The lowest BCUT2D eigenvalue weighted by molar-refractivity contribution is 0.139. The zero-order valence-electron chi connectivity index (χ0n) is 17.2. The Bertz CT molecular complexity index is 691. The molecular formula is C22H30O5. The van der Waals surface area contributed by atoms with Gasteiger partial charge in [0.2, 0.25) is 0 Å². The minimum Gasteiger partial charge on any atom is -0.496 e. The molecule has 0 aliphatic rings. The van der Waals surface area contributed by atoms with Gasteiger partial charge in [-0.2, -0.15) is 0 Å². The number of ether oxygens (including phenoxy) is 5. The molecular weight excluding hydrogens is 344 g/mol. The average Bonchev–Trinajstić information content (AvgIpc) is 2.68. The number of hydrogen-bond donors (Lipinski definition) is 0. The first-order valence-electron chi connectivity index (χ1n) is 9.04. The van der Waals surface area contributed by atoms with Crippen molar-refractivity contribution in [3.63, 3.8) is 0 Å². The maximum Gasteiger partial charge on any atom is 0.122 e. The summed E-state index contributed by atoms with van der Waals surface area (Å²) < 4.78 is 27.6. The van der Waals surface area contributed by atoms with Gasteiger partial charge < -0.3 is 23.7 Å². The zero-order chi connectivity index (χ0) is 19.8. The summed E-state index contributed by atoms with van der Waals surface area (Å²) in [6.07, 6.45) is 1.52. The molecule has 0 heterocycles. The average molecular weight is 374 g/mol. The molecule has 5 heteroatoms. The Morgan fingerprint density at radius 2 is 0.926 bits per heavy atom. The summed E-state index contributed by atoms with van der Waals surface area (Å²) in [7, 11) is 6.72. The van der Waals surface area contributed by atoms with Gasteiger partial charge in [-0.15, -0.1) is 0 Å². The molecule has 0 unspecified atom stereocenters. The maximum atomic E-state index is 5.86. The van der Waals surface area contributed by atoms with Gasteiger partial charge in [-0.05, 0) is 62.1 Å². The Morgan fingerprint density at radius 1 is 0.556 bits per heavy atom. The van der Waals surface area contributed by atoms with Gasteiger partial charge in [0.1, 0.15) is 23.0 Å². The molecule has 0 radical (unpaired) electrons. The Kier molecular flexibility index (Phi) is 7.80. The number of methoxy groups -OCH3 is 4. The summed E-state index contributed by atoms with van der Waals surface area (Å²) in [4.78, 5) is 0. The van der Waals surface area contributed by atoms with E-state index in [-0.39, 0.29) is 0 Å². The number of rotatable bonds is 10. The van der Waals surface area contributed by atoms with E-state index in [9.17, 15) is 0 Å². The summed E-state index contributed by atoms with van der Waals surface area (Å²) in [5, 5.41) is 0. The topological polar surface area (TPSA) is 46.2 Å². The van der Waals surface area contributed by atoms with Crippen LogP contribution in [0.1, 0.15) is 22.3 Å². The van der Waals surface area contributed by atoms with Crippen molar-refractivity contribution >= 4 is 0 Å². The molecule has 2 aromatic rings. The Morgan fingerprint density at radius 3 is 1.26 bits per heavy atom. The van der Waals surface area contributed by atoms with Gasteiger partial charge in [0, 0.05) is 11.1 Å². The standard InChI is InChI=1S/C22H30O5/c1-15-11-21(25-5)17(13-19(15)23-3)7-9-27-10-8-18-14-20(24-4)16(2)12-22(18)26-6/h11-14H,7-10H2,1-6H3. The third kappa shape index (κ3) is 5.30. The van der Waals surface area contributed by atoms with E-state index in [1.165, 1.54) is 0 Å². The van der Waals surface area contributed by atoms with Crippen LogP contribution in [-0.2, 0) is 17.6 Å². The first-order valence-corrected chi connectivity index (χ1v) is 9.04. The second kappa shape index (κ2) is 10.1. The lowest BCUT2D eigenvalue weighted by Crippen LogP contribution is -2.06. The molecule has 0 spiro atoms. The van der Waals surface area contributed by atoms with E-state index < -0.39 is 0 Å². The molecule has 0 saturated carbocycles. The van der Waals surface area contributed by atoms with Crippen molar-refractivity contribution in [2.45, 2.75) is 26.7 Å². The molecule has 2 rings (SSSR count). The molecule has 0 aliphatic heterocycles. The number of hydrogen-bond acceptors (Lipinski definition) is 5. The highest BCUT2D eigenvalue weighted by Gasteiger charge is 2.10. The van der Waals surface area contributed by atoms with Crippen molar-refractivity contribution in [2.75, 3.05) is 41.7 Å². The molecule has 0 saturated heterocycles. The third-order valence-corrected chi connectivity index (χ3v) is 4.63. The van der Waals surface area contributed by atoms with Crippen LogP contribution in [0.3, 0.4) is 0 Å². The lowest BCUT2D eigenvalue weighted by atomic mass is 10.1. The number of benzene rings is 2. The smallest absolute Gasteiger partial charge is 0.122 e. The highest BCUT2D eigenvalue weighted by atomic mass is 16.5. The molecule has 2 aromatic carbocycles. The molecule has 148 valence electrons. The van der Waals surface area contributed by atoms with Gasteiger partial charge in [0.15, 0.2) is 0 Å². The largest absolute Gasteiger partial charge is 0.496 e. The van der Waals surface area contributed by atoms with E-state index in [1.807, 2.05) is 38.1 Å². The van der Waals surface area contributed by atoms with E-state index in [4.69, 9.17) is 23.7 Å².